The van der Waals surface area contributed by atoms with Crippen molar-refractivity contribution in [3.63, 3.8) is 0 Å². The summed E-state index contributed by atoms with van der Waals surface area (Å²) in [5.74, 6) is 0. The maximum absolute atomic E-state index is 2.26. The summed E-state index contributed by atoms with van der Waals surface area (Å²) in [4.78, 5) is 0. The van der Waals surface area contributed by atoms with Gasteiger partial charge in [0.2, 0.25) is 0 Å². The van der Waals surface area contributed by atoms with E-state index >= 15 is 0 Å². The van der Waals surface area contributed by atoms with Crippen molar-refractivity contribution in [3.8, 4) is 0 Å². The minimum atomic E-state index is 1.35. The predicted octanol–water partition coefficient (Wildman–Crippen LogP) is 4.07. The van der Waals surface area contributed by atoms with Gasteiger partial charge in [0, 0.05) is 0 Å². The predicted molar refractivity (Wildman–Crippen MR) is 62.9 cm³/mol. The Kier molecular flexibility index (Phi) is 2.07. The van der Waals surface area contributed by atoms with E-state index < -0.39 is 0 Å². The summed E-state index contributed by atoms with van der Waals surface area (Å²) in [6.07, 6.45) is 0. The van der Waals surface area contributed by atoms with E-state index in [4.69, 9.17) is 0 Å². The van der Waals surface area contributed by atoms with E-state index in [1.54, 1.807) is 0 Å². The van der Waals surface area contributed by atoms with Gasteiger partial charge in [0.25, 0.3) is 0 Å². The molecule has 72 valence electrons. The van der Waals surface area contributed by atoms with Gasteiger partial charge in [-0.05, 0) is 55.2 Å². The van der Waals surface area contributed by atoms with Crippen LogP contribution in [0.15, 0.2) is 24.3 Å². The molecule has 0 nitrogen and oxygen atoms in total. The SMILES string of the molecule is Cc1cc(C)c2c(C)c(C)ccc2c1. The van der Waals surface area contributed by atoms with E-state index in [0.717, 1.165) is 0 Å². The van der Waals surface area contributed by atoms with Crippen LogP contribution in [0.2, 0.25) is 0 Å². The molecular weight excluding hydrogens is 168 g/mol. The molecule has 0 aliphatic rings. The Morgan fingerprint density at radius 3 is 2.21 bits per heavy atom. The topological polar surface area (TPSA) is 0 Å². The molecule has 0 unspecified atom stereocenters. The summed E-state index contributed by atoms with van der Waals surface area (Å²) >= 11 is 0. The molecule has 0 saturated heterocycles. The smallest absolute Gasteiger partial charge is 0.0123 e. The molecule has 2 aromatic carbocycles. The summed E-state index contributed by atoms with van der Waals surface area (Å²) in [6, 6.07) is 8.94. The second kappa shape index (κ2) is 3.13. The summed E-state index contributed by atoms with van der Waals surface area (Å²) in [6.45, 7) is 8.73. The first-order valence-corrected chi connectivity index (χ1v) is 5.07. The lowest BCUT2D eigenvalue weighted by molar-refractivity contribution is 1.35. The number of aryl methyl sites for hydroxylation is 4. The lowest BCUT2D eigenvalue weighted by Gasteiger charge is -2.09. The van der Waals surface area contributed by atoms with Gasteiger partial charge in [0.1, 0.15) is 0 Å². The van der Waals surface area contributed by atoms with Crippen molar-refractivity contribution in [2.75, 3.05) is 0 Å². The molecule has 14 heavy (non-hydrogen) atoms. The van der Waals surface area contributed by atoms with E-state index in [-0.39, 0.29) is 0 Å². The van der Waals surface area contributed by atoms with Crippen molar-refractivity contribution < 1.29 is 0 Å². The molecule has 2 aromatic rings. The van der Waals surface area contributed by atoms with Crippen LogP contribution >= 0.6 is 0 Å². The minimum Gasteiger partial charge on any atom is -0.0584 e. The Morgan fingerprint density at radius 2 is 1.50 bits per heavy atom. The number of rotatable bonds is 0. The molecule has 0 atom stereocenters. The first-order valence-electron chi connectivity index (χ1n) is 5.07. The van der Waals surface area contributed by atoms with Gasteiger partial charge < -0.3 is 0 Å². The number of hydrogen-bond acceptors (Lipinski definition) is 0. The van der Waals surface area contributed by atoms with Crippen LogP contribution in [-0.4, -0.2) is 0 Å². The average Bonchev–Trinajstić information content (AvgIpc) is 2.10. The van der Waals surface area contributed by atoms with Gasteiger partial charge >= 0.3 is 0 Å². The monoisotopic (exact) mass is 184 g/mol. The Morgan fingerprint density at radius 1 is 0.786 bits per heavy atom. The summed E-state index contributed by atoms with van der Waals surface area (Å²) in [5, 5.41) is 2.79. The van der Waals surface area contributed by atoms with E-state index in [9.17, 15) is 0 Å². The maximum Gasteiger partial charge on any atom is -0.0123 e. The molecule has 0 fully saturated rings. The fraction of sp³-hybridized carbons (Fsp3) is 0.286. The molecule has 0 aliphatic carbocycles. The zero-order valence-electron chi connectivity index (χ0n) is 9.31. The molecule has 0 aromatic heterocycles. The average molecular weight is 184 g/mol. The third-order valence-electron chi connectivity index (χ3n) is 2.99. The van der Waals surface area contributed by atoms with Gasteiger partial charge in [-0.25, -0.2) is 0 Å². The zero-order chi connectivity index (χ0) is 10.3. The van der Waals surface area contributed by atoms with E-state index in [0.29, 0.717) is 0 Å². The molecule has 0 heteroatoms. The van der Waals surface area contributed by atoms with E-state index in [2.05, 4.69) is 52.0 Å². The molecule has 0 N–H and O–H groups in total. The van der Waals surface area contributed by atoms with Crippen molar-refractivity contribution in [2.24, 2.45) is 0 Å². The highest BCUT2D eigenvalue weighted by atomic mass is 14.1. The van der Waals surface area contributed by atoms with Crippen LogP contribution in [-0.2, 0) is 0 Å². The molecule has 0 bridgehead atoms. The molecule has 0 aliphatic heterocycles. The van der Waals surface area contributed by atoms with Crippen LogP contribution in [0.3, 0.4) is 0 Å². The molecular formula is C14H16. The normalized spacial score (nSPS) is 10.9. The Labute approximate surface area is 85.6 Å². The molecule has 0 amide bonds. The van der Waals surface area contributed by atoms with Crippen molar-refractivity contribution in [3.05, 3.63) is 46.5 Å². The van der Waals surface area contributed by atoms with Crippen molar-refractivity contribution >= 4 is 10.8 Å². The molecule has 2 rings (SSSR count). The van der Waals surface area contributed by atoms with E-state index in [1.165, 1.54) is 33.0 Å². The van der Waals surface area contributed by atoms with Gasteiger partial charge in [-0.3, -0.25) is 0 Å². The van der Waals surface area contributed by atoms with Crippen LogP contribution in [0.5, 0.6) is 0 Å². The first-order chi connectivity index (χ1) is 6.59. The Bertz CT molecular complexity index is 493. The van der Waals surface area contributed by atoms with Crippen LogP contribution in [0.1, 0.15) is 22.3 Å². The van der Waals surface area contributed by atoms with Crippen LogP contribution in [0, 0.1) is 27.7 Å². The molecule has 0 radical (unpaired) electrons. The standard InChI is InChI=1S/C14H16/c1-9-7-11(3)14-12(4)10(2)5-6-13(14)8-9/h5-8H,1-4H3. The highest BCUT2D eigenvalue weighted by Crippen LogP contribution is 2.25. The second-order valence-corrected chi connectivity index (χ2v) is 4.19. The highest BCUT2D eigenvalue weighted by molar-refractivity contribution is 5.90. The zero-order valence-corrected chi connectivity index (χ0v) is 9.31. The summed E-state index contributed by atoms with van der Waals surface area (Å²) < 4.78 is 0. The van der Waals surface area contributed by atoms with Gasteiger partial charge in [0.05, 0.1) is 0 Å². The largest absolute Gasteiger partial charge is 0.0584 e. The maximum atomic E-state index is 2.26. The third-order valence-corrected chi connectivity index (χ3v) is 2.99. The minimum absolute atomic E-state index is 1.35. The highest BCUT2D eigenvalue weighted by Gasteiger charge is 2.03. The van der Waals surface area contributed by atoms with Crippen LogP contribution < -0.4 is 0 Å². The quantitative estimate of drug-likeness (QED) is 0.579. The van der Waals surface area contributed by atoms with Gasteiger partial charge in [-0.1, -0.05) is 29.8 Å². The second-order valence-electron chi connectivity index (χ2n) is 4.19. The molecule has 0 spiro atoms. The van der Waals surface area contributed by atoms with Crippen molar-refractivity contribution in [2.45, 2.75) is 27.7 Å². The fourth-order valence-electron chi connectivity index (χ4n) is 2.18. The third kappa shape index (κ3) is 1.31. The first kappa shape index (κ1) is 9.26. The number of hydrogen-bond donors (Lipinski definition) is 0. The Balaban J connectivity index is 2.95. The summed E-state index contributed by atoms with van der Waals surface area (Å²) in [7, 11) is 0. The van der Waals surface area contributed by atoms with Crippen molar-refractivity contribution in [1.82, 2.24) is 0 Å². The lowest BCUT2D eigenvalue weighted by atomic mass is 9.95. The van der Waals surface area contributed by atoms with Gasteiger partial charge in [-0.15, -0.1) is 0 Å². The van der Waals surface area contributed by atoms with Crippen LogP contribution in [0.25, 0.3) is 10.8 Å². The van der Waals surface area contributed by atoms with Crippen LogP contribution in [0.4, 0.5) is 0 Å². The fourth-order valence-corrected chi connectivity index (χ4v) is 2.18. The Hall–Kier alpha value is -1.30. The molecule has 0 saturated carbocycles. The lowest BCUT2D eigenvalue weighted by Crippen LogP contribution is -1.88. The van der Waals surface area contributed by atoms with E-state index in [1.807, 2.05) is 0 Å². The number of fused-ring (bicyclic) bond motifs is 1. The van der Waals surface area contributed by atoms with Gasteiger partial charge in [-0.2, -0.15) is 0 Å². The van der Waals surface area contributed by atoms with Gasteiger partial charge in [0.15, 0.2) is 0 Å². The molecule has 0 heterocycles. The van der Waals surface area contributed by atoms with Crippen molar-refractivity contribution in [1.29, 1.82) is 0 Å². The number of benzene rings is 2. The summed E-state index contributed by atoms with van der Waals surface area (Å²) in [5.41, 5.74) is 5.53.